The Balaban J connectivity index is 1.84. The zero-order chi connectivity index (χ0) is 22.6. The topological polar surface area (TPSA) is 76.1 Å². The van der Waals surface area contributed by atoms with Gasteiger partial charge in [0.05, 0.1) is 43.2 Å². The van der Waals surface area contributed by atoms with Gasteiger partial charge >= 0.3 is 5.69 Å². The van der Waals surface area contributed by atoms with E-state index in [1.54, 1.807) is 47.5 Å². The monoisotopic (exact) mass is 429 g/mol. The SMILES string of the molecule is COc1ccc(-c2ccc3ncc4c(c3c2)n(-c2c(C)cnn2C)c(=O)n4C)cc1OC. The summed E-state index contributed by atoms with van der Waals surface area (Å²) in [7, 11) is 6.84. The molecular weight excluding hydrogens is 406 g/mol. The number of aryl methyl sites for hydroxylation is 3. The number of rotatable bonds is 4. The largest absolute Gasteiger partial charge is 0.493 e. The number of imidazole rings is 1. The van der Waals surface area contributed by atoms with Crippen molar-refractivity contribution in [1.29, 1.82) is 0 Å². The van der Waals surface area contributed by atoms with Gasteiger partial charge in [-0.05, 0) is 42.3 Å². The van der Waals surface area contributed by atoms with Gasteiger partial charge in [0.2, 0.25) is 0 Å². The van der Waals surface area contributed by atoms with Gasteiger partial charge in [-0.3, -0.25) is 14.2 Å². The minimum atomic E-state index is -0.141. The molecule has 0 N–H and O–H groups in total. The van der Waals surface area contributed by atoms with E-state index >= 15 is 0 Å². The van der Waals surface area contributed by atoms with Crippen LogP contribution >= 0.6 is 0 Å². The molecular formula is C24H23N5O3. The van der Waals surface area contributed by atoms with Crippen LogP contribution in [0.5, 0.6) is 11.5 Å². The molecule has 0 spiro atoms. The molecule has 5 aromatic rings. The van der Waals surface area contributed by atoms with E-state index in [4.69, 9.17) is 9.47 Å². The summed E-state index contributed by atoms with van der Waals surface area (Å²) in [4.78, 5) is 17.9. The third-order valence-corrected chi connectivity index (χ3v) is 5.90. The summed E-state index contributed by atoms with van der Waals surface area (Å²) >= 11 is 0. The molecule has 0 fully saturated rings. The molecule has 8 heteroatoms. The number of fused-ring (bicyclic) bond motifs is 3. The quantitative estimate of drug-likeness (QED) is 0.436. The molecule has 0 aliphatic rings. The van der Waals surface area contributed by atoms with Gasteiger partial charge in [-0.2, -0.15) is 5.10 Å². The molecule has 3 aromatic heterocycles. The van der Waals surface area contributed by atoms with Crippen molar-refractivity contribution >= 4 is 21.9 Å². The molecule has 32 heavy (non-hydrogen) atoms. The molecule has 0 unspecified atom stereocenters. The molecule has 0 aliphatic heterocycles. The second-order valence-corrected chi connectivity index (χ2v) is 7.75. The van der Waals surface area contributed by atoms with E-state index in [2.05, 4.69) is 16.1 Å². The fourth-order valence-corrected chi connectivity index (χ4v) is 4.25. The van der Waals surface area contributed by atoms with Gasteiger partial charge in [-0.25, -0.2) is 9.36 Å². The fraction of sp³-hybridized carbons (Fsp3) is 0.208. The number of ether oxygens (including phenoxy) is 2. The van der Waals surface area contributed by atoms with Gasteiger partial charge < -0.3 is 9.47 Å². The lowest BCUT2D eigenvalue weighted by molar-refractivity contribution is 0.355. The number of nitrogens with zero attached hydrogens (tertiary/aromatic N) is 5. The Labute approximate surface area is 184 Å². The Morgan fingerprint density at radius 3 is 2.31 bits per heavy atom. The Hall–Kier alpha value is -4.07. The second-order valence-electron chi connectivity index (χ2n) is 7.75. The van der Waals surface area contributed by atoms with E-state index in [0.29, 0.717) is 11.5 Å². The number of aromatic nitrogens is 5. The summed E-state index contributed by atoms with van der Waals surface area (Å²) in [5.74, 6) is 2.07. The lowest BCUT2D eigenvalue weighted by atomic mass is 10.0. The van der Waals surface area contributed by atoms with Crippen molar-refractivity contribution in [2.45, 2.75) is 6.92 Å². The van der Waals surface area contributed by atoms with Gasteiger partial charge in [-0.15, -0.1) is 0 Å². The highest BCUT2D eigenvalue weighted by Gasteiger charge is 2.20. The minimum absolute atomic E-state index is 0.141. The summed E-state index contributed by atoms with van der Waals surface area (Å²) in [6.07, 6.45) is 3.51. The first kappa shape index (κ1) is 19.9. The number of hydrogen-bond acceptors (Lipinski definition) is 5. The Kier molecular flexibility index (Phi) is 4.51. The molecule has 0 aliphatic carbocycles. The van der Waals surface area contributed by atoms with Crippen LogP contribution in [0.25, 0.3) is 38.9 Å². The molecule has 162 valence electrons. The Morgan fingerprint density at radius 2 is 1.62 bits per heavy atom. The van der Waals surface area contributed by atoms with Crippen molar-refractivity contribution < 1.29 is 9.47 Å². The first-order chi connectivity index (χ1) is 15.4. The van der Waals surface area contributed by atoms with Crippen molar-refractivity contribution in [3.8, 4) is 28.4 Å². The Bertz CT molecular complexity index is 1540. The van der Waals surface area contributed by atoms with Gasteiger partial charge in [0.25, 0.3) is 0 Å². The lowest BCUT2D eigenvalue weighted by Gasteiger charge is -2.11. The van der Waals surface area contributed by atoms with Crippen LogP contribution in [-0.4, -0.2) is 38.1 Å². The highest BCUT2D eigenvalue weighted by Crippen LogP contribution is 2.34. The number of methoxy groups -OCH3 is 2. The van der Waals surface area contributed by atoms with E-state index in [0.717, 1.165) is 44.4 Å². The molecule has 0 radical (unpaired) electrons. The van der Waals surface area contributed by atoms with Crippen LogP contribution in [0.2, 0.25) is 0 Å². The molecule has 5 rings (SSSR count). The van der Waals surface area contributed by atoms with E-state index in [1.807, 2.05) is 44.3 Å². The summed E-state index contributed by atoms with van der Waals surface area (Å²) in [6.45, 7) is 1.95. The average Bonchev–Trinajstić information content (AvgIpc) is 3.27. The smallest absolute Gasteiger partial charge is 0.334 e. The zero-order valence-electron chi connectivity index (χ0n) is 18.6. The predicted octanol–water partition coefficient (Wildman–Crippen LogP) is 3.60. The first-order valence-electron chi connectivity index (χ1n) is 10.2. The molecule has 0 bridgehead atoms. The summed E-state index contributed by atoms with van der Waals surface area (Å²) in [5.41, 5.74) is 5.10. The third-order valence-electron chi connectivity index (χ3n) is 5.90. The highest BCUT2D eigenvalue weighted by molar-refractivity contribution is 6.04. The van der Waals surface area contributed by atoms with Crippen molar-refractivity contribution in [2.24, 2.45) is 14.1 Å². The minimum Gasteiger partial charge on any atom is -0.493 e. The van der Waals surface area contributed by atoms with Crippen molar-refractivity contribution in [3.05, 3.63) is 64.8 Å². The summed E-state index contributed by atoms with van der Waals surface area (Å²) in [6, 6.07) is 11.9. The summed E-state index contributed by atoms with van der Waals surface area (Å²) < 4.78 is 15.9. The average molecular weight is 429 g/mol. The van der Waals surface area contributed by atoms with Crippen LogP contribution in [0.1, 0.15) is 5.56 Å². The van der Waals surface area contributed by atoms with E-state index < -0.39 is 0 Å². The van der Waals surface area contributed by atoms with Crippen LogP contribution in [-0.2, 0) is 14.1 Å². The van der Waals surface area contributed by atoms with Gasteiger partial charge in [0.1, 0.15) is 5.82 Å². The van der Waals surface area contributed by atoms with Crippen molar-refractivity contribution in [3.63, 3.8) is 0 Å². The van der Waals surface area contributed by atoms with Crippen LogP contribution < -0.4 is 15.2 Å². The fourth-order valence-electron chi connectivity index (χ4n) is 4.25. The predicted molar refractivity (Wildman–Crippen MR) is 124 cm³/mol. The van der Waals surface area contributed by atoms with Gasteiger partial charge in [0, 0.05) is 25.0 Å². The standard InChI is InChI=1S/C24H23N5O3/c1-14-12-26-28(3)23(14)29-22-17-10-15(16-7-9-20(31-4)21(11-16)32-5)6-8-18(17)25-13-19(22)27(2)24(29)30/h6-13H,1-5H3. The maximum absolute atomic E-state index is 13.3. The number of benzene rings is 2. The van der Waals surface area contributed by atoms with Gasteiger partial charge in [0.15, 0.2) is 11.5 Å². The molecule has 0 saturated heterocycles. The first-order valence-corrected chi connectivity index (χ1v) is 10.2. The zero-order valence-corrected chi connectivity index (χ0v) is 18.6. The molecule has 8 nitrogen and oxygen atoms in total. The normalized spacial score (nSPS) is 11.4. The second kappa shape index (κ2) is 7.26. The van der Waals surface area contributed by atoms with E-state index in [-0.39, 0.29) is 5.69 Å². The van der Waals surface area contributed by atoms with Crippen LogP contribution in [0, 0.1) is 6.92 Å². The van der Waals surface area contributed by atoms with Crippen molar-refractivity contribution in [1.82, 2.24) is 23.9 Å². The van der Waals surface area contributed by atoms with Crippen molar-refractivity contribution in [2.75, 3.05) is 14.2 Å². The van der Waals surface area contributed by atoms with Gasteiger partial charge in [-0.1, -0.05) is 12.1 Å². The molecule has 3 heterocycles. The lowest BCUT2D eigenvalue weighted by Crippen LogP contribution is -2.23. The number of pyridine rings is 1. The molecule has 0 saturated carbocycles. The van der Waals surface area contributed by atoms with E-state index in [1.165, 1.54) is 0 Å². The molecule has 0 atom stereocenters. The molecule has 0 amide bonds. The maximum atomic E-state index is 13.3. The van der Waals surface area contributed by atoms with Crippen LogP contribution in [0.15, 0.2) is 53.6 Å². The van der Waals surface area contributed by atoms with Crippen LogP contribution in [0.4, 0.5) is 0 Å². The van der Waals surface area contributed by atoms with E-state index in [9.17, 15) is 4.79 Å². The third kappa shape index (κ3) is 2.80. The summed E-state index contributed by atoms with van der Waals surface area (Å²) in [5, 5.41) is 5.22. The number of hydrogen-bond donors (Lipinski definition) is 0. The maximum Gasteiger partial charge on any atom is 0.334 e. The van der Waals surface area contributed by atoms with Crippen LogP contribution in [0.3, 0.4) is 0 Å². The highest BCUT2D eigenvalue weighted by atomic mass is 16.5. The Morgan fingerprint density at radius 1 is 0.906 bits per heavy atom. The molecule has 2 aromatic carbocycles.